The normalized spacial score (nSPS) is 21.5. The van der Waals surface area contributed by atoms with Crippen molar-refractivity contribution in [3.8, 4) is 0 Å². The third-order valence-electron chi connectivity index (χ3n) is 3.59. The van der Waals surface area contributed by atoms with E-state index in [1.807, 2.05) is 0 Å². The molecule has 0 bridgehead atoms. The van der Waals surface area contributed by atoms with Crippen molar-refractivity contribution in [2.45, 2.75) is 6.42 Å². The molecule has 7 heteroatoms. The zero-order valence-corrected chi connectivity index (χ0v) is 12.5. The molecular formula is C16H17FN2O4. The molecule has 1 aromatic carbocycles. The Labute approximate surface area is 132 Å². The van der Waals surface area contributed by atoms with Gasteiger partial charge in [0.05, 0.1) is 43.3 Å². The van der Waals surface area contributed by atoms with E-state index < -0.39 is 5.82 Å². The molecule has 0 radical (unpaired) electrons. The highest BCUT2D eigenvalue weighted by molar-refractivity contribution is 6.32. The van der Waals surface area contributed by atoms with Gasteiger partial charge in [-0.1, -0.05) is 0 Å². The van der Waals surface area contributed by atoms with Gasteiger partial charge in [-0.05, 0) is 18.2 Å². The number of rotatable bonds is 5. The maximum Gasteiger partial charge on any atom is 0.259 e. The molecule has 2 aliphatic heterocycles. The van der Waals surface area contributed by atoms with Crippen molar-refractivity contribution in [3.05, 3.63) is 35.3 Å². The quantitative estimate of drug-likeness (QED) is 0.634. The van der Waals surface area contributed by atoms with Crippen LogP contribution in [0.3, 0.4) is 0 Å². The Kier molecular flexibility index (Phi) is 4.68. The Balaban J connectivity index is 1.72. The first kappa shape index (κ1) is 15.6. The van der Waals surface area contributed by atoms with Crippen LogP contribution in [-0.2, 0) is 14.3 Å². The first-order chi connectivity index (χ1) is 11.2. The number of nitrogens with one attached hydrogen (secondary N) is 1. The van der Waals surface area contributed by atoms with Gasteiger partial charge in [0.1, 0.15) is 18.2 Å². The first-order valence-electron chi connectivity index (χ1n) is 7.37. The molecule has 1 fully saturated rings. The van der Waals surface area contributed by atoms with Gasteiger partial charge in [-0.25, -0.2) is 4.39 Å². The third-order valence-corrected chi connectivity index (χ3v) is 3.59. The summed E-state index contributed by atoms with van der Waals surface area (Å²) in [7, 11) is 0. The van der Waals surface area contributed by atoms with E-state index >= 15 is 0 Å². The molecule has 1 aromatic rings. The number of carbonyl (C=O) groups excluding carboxylic acids is 1. The minimum atomic E-state index is -0.396. The minimum Gasteiger partial charge on any atom is -0.491 e. The zero-order valence-electron chi connectivity index (χ0n) is 12.5. The van der Waals surface area contributed by atoms with Crippen molar-refractivity contribution in [1.29, 1.82) is 0 Å². The van der Waals surface area contributed by atoms with Crippen LogP contribution in [0.15, 0.2) is 29.0 Å². The van der Waals surface area contributed by atoms with E-state index in [1.54, 1.807) is 6.07 Å². The number of nitrogens with zero attached hydrogens (tertiary/aromatic N) is 1. The standard InChI is InChI=1S/C16H17FN2O4/c17-10-1-2-12-13(7-10)19-16(21)15(12)14-8-11(9-23-14)18-3-5-22-6-4-20/h1-2,7,20H,3-6,8-9H2,(H,19,21). The lowest BCUT2D eigenvalue weighted by atomic mass is 10.0. The molecule has 122 valence electrons. The summed E-state index contributed by atoms with van der Waals surface area (Å²) in [5, 5.41) is 11.3. The molecule has 0 aliphatic carbocycles. The zero-order chi connectivity index (χ0) is 16.2. The van der Waals surface area contributed by atoms with Gasteiger partial charge in [0, 0.05) is 12.0 Å². The van der Waals surface area contributed by atoms with Crippen LogP contribution in [0.4, 0.5) is 10.1 Å². The van der Waals surface area contributed by atoms with Gasteiger partial charge in [-0.2, -0.15) is 0 Å². The number of aliphatic hydroxyl groups is 1. The number of halogens is 1. The number of fused-ring (bicyclic) bond motifs is 1. The van der Waals surface area contributed by atoms with E-state index in [4.69, 9.17) is 14.6 Å². The third kappa shape index (κ3) is 3.40. The number of hydrogen-bond donors (Lipinski definition) is 2. The van der Waals surface area contributed by atoms with Crippen LogP contribution in [0, 0.1) is 5.82 Å². The molecule has 3 rings (SSSR count). The van der Waals surface area contributed by atoms with Gasteiger partial charge >= 0.3 is 0 Å². The van der Waals surface area contributed by atoms with E-state index in [0.717, 1.165) is 5.71 Å². The van der Waals surface area contributed by atoms with Crippen molar-refractivity contribution in [3.63, 3.8) is 0 Å². The lowest BCUT2D eigenvalue weighted by Gasteiger charge is -2.02. The molecule has 0 saturated carbocycles. The molecule has 0 spiro atoms. The number of amides is 1. The van der Waals surface area contributed by atoms with Crippen molar-refractivity contribution >= 4 is 22.9 Å². The van der Waals surface area contributed by atoms with Gasteiger partial charge in [0.2, 0.25) is 0 Å². The fraction of sp³-hybridized carbons (Fsp3) is 0.375. The number of anilines is 1. The van der Waals surface area contributed by atoms with Crippen LogP contribution < -0.4 is 5.32 Å². The molecule has 0 unspecified atom stereocenters. The molecule has 6 nitrogen and oxygen atoms in total. The topological polar surface area (TPSA) is 80.2 Å². The van der Waals surface area contributed by atoms with Crippen molar-refractivity contribution < 1.29 is 23.8 Å². The van der Waals surface area contributed by atoms with Crippen LogP contribution in [0.2, 0.25) is 0 Å². The van der Waals surface area contributed by atoms with Crippen molar-refractivity contribution in [2.24, 2.45) is 4.99 Å². The molecule has 1 saturated heterocycles. The lowest BCUT2D eigenvalue weighted by molar-refractivity contribution is -0.110. The highest BCUT2D eigenvalue weighted by Crippen LogP contribution is 2.36. The fourth-order valence-electron chi connectivity index (χ4n) is 2.58. The SMILES string of the molecule is O=C1Nc2cc(F)ccc2C1=C1CC(=NCCOCCO)CO1. The Morgan fingerprint density at radius 3 is 3.09 bits per heavy atom. The molecule has 2 aliphatic rings. The number of allylic oxidation sites excluding steroid dienone is 1. The second-order valence-corrected chi connectivity index (χ2v) is 5.19. The molecule has 0 atom stereocenters. The highest BCUT2D eigenvalue weighted by atomic mass is 19.1. The summed E-state index contributed by atoms with van der Waals surface area (Å²) in [6.07, 6.45) is 0.458. The maximum absolute atomic E-state index is 13.2. The molecular weight excluding hydrogens is 303 g/mol. The van der Waals surface area contributed by atoms with Crippen LogP contribution in [0.25, 0.3) is 5.57 Å². The number of carbonyl (C=O) groups is 1. The van der Waals surface area contributed by atoms with Crippen LogP contribution in [-0.4, -0.2) is 49.7 Å². The molecule has 0 aromatic heterocycles. The Hall–Kier alpha value is -2.25. The van der Waals surface area contributed by atoms with Gasteiger partial charge in [-0.15, -0.1) is 0 Å². The number of benzene rings is 1. The largest absolute Gasteiger partial charge is 0.491 e. The summed E-state index contributed by atoms with van der Waals surface area (Å²) in [5.74, 6) is -0.121. The van der Waals surface area contributed by atoms with E-state index in [9.17, 15) is 9.18 Å². The van der Waals surface area contributed by atoms with Crippen molar-refractivity contribution in [1.82, 2.24) is 0 Å². The predicted molar refractivity (Wildman–Crippen MR) is 82.7 cm³/mol. The van der Waals surface area contributed by atoms with Gasteiger partial charge in [0.15, 0.2) is 0 Å². The van der Waals surface area contributed by atoms with Crippen LogP contribution in [0.5, 0.6) is 0 Å². The minimum absolute atomic E-state index is 0.00889. The summed E-state index contributed by atoms with van der Waals surface area (Å²) in [6.45, 7) is 1.53. The van der Waals surface area contributed by atoms with Crippen molar-refractivity contribution in [2.75, 3.05) is 38.3 Å². The highest BCUT2D eigenvalue weighted by Gasteiger charge is 2.31. The number of aliphatic imine (C=N–C) groups is 1. The molecule has 2 N–H and O–H groups in total. The predicted octanol–water partition coefficient (Wildman–Crippen LogP) is 1.36. The Morgan fingerprint density at radius 1 is 1.39 bits per heavy atom. The molecule has 1 amide bonds. The lowest BCUT2D eigenvalue weighted by Crippen LogP contribution is -2.06. The van der Waals surface area contributed by atoms with E-state index in [2.05, 4.69) is 10.3 Å². The summed E-state index contributed by atoms with van der Waals surface area (Å²) in [6, 6.07) is 4.19. The summed E-state index contributed by atoms with van der Waals surface area (Å²) < 4.78 is 24.0. The summed E-state index contributed by atoms with van der Waals surface area (Å²) in [4.78, 5) is 16.5. The summed E-state index contributed by atoms with van der Waals surface area (Å²) >= 11 is 0. The van der Waals surface area contributed by atoms with Crippen LogP contribution in [0.1, 0.15) is 12.0 Å². The first-order valence-corrected chi connectivity index (χ1v) is 7.37. The van der Waals surface area contributed by atoms with Gasteiger partial charge < -0.3 is 19.9 Å². The number of aliphatic hydroxyl groups excluding tert-OH is 1. The number of ether oxygens (including phenoxy) is 2. The summed E-state index contributed by atoms with van der Waals surface area (Å²) in [5.41, 5.74) is 2.40. The fourth-order valence-corrected chi connectivity index (χ4v) is 2.58. The Bertz CT molecular complexity index is 685. The average Bonchev–Trinajstić information content (AvgIpc) is 3.10. The smallest absolute Gasteiger partial charge is 0.259 e. The monoisotopic (exact) mass is 320 g/mol. The van der Waals surface area contributed by atoms with Crippen LogP contribution >= 0.6 is 0 Å². The maximum atomic E-state index is 13.2. The molecule has 2 heterocycles. The van der Waals surface area contributed by atoms with Gasteiger partial charge in [0.25, 0.3) is 5.91 Å². The van der Waals surface area contributed by atoms with Gasteiger partial charge in [-0.3, -0.25) is 9.79 Å². The average molecular weight is 320 g/mol. The van der Waals surface area contributed by atoms with E-state index in [-0.39, 0.29) is 12.5 Å². The van der Waals surface area contributed by atoms with E-state index in [1.165, 1.54) is 12.1 Å². The second kappa shape index (κ2) is 6.89. The van der Waals surface area contributed by atoms with E-state index in [0.29, 0.717) is 55.4 Å². The number of hydrogen-bond acceptors (Lipinski definition) is 5. The second-order valence-electron chi connectivity index (χ2n) is 5.19. The Morgan fingerprint density at radius 2 is 2.26 bits per heavy atom. The molecule has 23 heavy (non-hydrogen) atoms.